The monoisotopic (exact) mass is 451 g/mol. The predicted octanol–water partition coefficient (Wildman–Crippen LogP) is 4.65. The van der Waals surface area contributed by atoms with E-state index in [-0.39, 0.29) is 0 Å². The standard InChI is InChI=1S/C28H31N6/c1-22-33(29-19-23-11-15-26(16-12-23)31(2)3)21-28(25-9-7-6-8-10-25)34(22)30-20-24-13-17-27(18-14-24)32(4)5/h6-21H,1-5H3/q+1. The molecule has 6 heteroatoms. The second kappa shape index (κ2) is 10.2. The Morgan fingerprint density at radius 3 is 1.76 bits per heavy atom. The first-order valence-corrected chi connectivity index (χ1v) is 11.3. The third kappa shape index (κ3) is 5.23. The molecule has 0 saturated carbocycles. The molecule has 0 aliphatic rings. The molecule has 0 aliphatic heterocycles. The summed E-state index contributed by atoms with van der Waals surface area (Å²) in [7, 11) is 8.14. The molecule has 0 spiro atoms. The molecular formula is C28H31N6+. The van der Waals surface area contributed by atoms with Gasteiger partial charge in [-0.25, -0.2) is 0 Å². The Morgan fingerprint density at radius 1 is 0.706 bits per heavy atom. The fourth-order valence-electron chi connectivity index (χ4n) is 3.57. The normalized spacial score (nSPS) is 11.4. The Balaban J connectivity index is 1.67. The third-order valence-corrected chi connectivity index (χ3v) is 5.65. The maximum Gasteiger partial charge on any atom is 0.304 e. The molecule has 1 aromatic heterocycles. The molecule has 3 aromatic carbocycles. The Kier molecular flexibility index (Phi) is 6.87. The van der Waals surface area contributed by atoms with Crippen molar-refractivity contribution in [3.8, 4) is 11.3 Å². The number of rotatable bonds is 7. The number of benzene rings is 3. The molecule has 0 unspecified atom stereocenters. The van der Waals surface area contributed by atoms with Crippen LogP contribution >= 0.6 is 0 Å². The quantitative estimate of drug-likeness (QED) is 0.303. The molecule has 4 aromatic rings. The van der Waals surface area contributed by atoms with Gasteiger partial charge in [0.25, 0.3) is 0 Å². The minimum Gasteiger partial charge on any atom is -0.378 e. The van der Waals surface area contributed by atoms with Crippen LogP contribution in [0.4, 0.5) is 11.4 Å². The van der Waals surface area contributed by atoms with E-state index in [4.69, 9.17) is 10.2 Å². The van der Waals surface area contributed by atoms with Crippen LogP contribution in [0.15, 0.2) is 95.3 Å². The minimum atomic E-state index is 0.904. The summed E-state index contributed by atoms with van der Waals surface area (Å²) in [5, 5.41) is 9.53. The molecule has 0 bridgehead atoms. The zero-order valence-electron chi connectivity index (χ0n) is 20.4. The summed E-state index contributed by atoms with van der Waals surface area (Å²) < 4.78 is 3.80. The van der Waals surface area contributed by atoms with Crippen LogP contribution in [0.2, 0.25) is 0 Å². The number of nitrogens with zero attached hydrogens (tertiary/aromatic N) is 6. The molecule has 0 fully saturated rings. The summed E-state index contributed by atoms with van der Waals surface area (Å²) in [6.45, 7) is 2.02. The molecule has 172 valence electrons. The number of aromatic nitrogens is 2. The van der Waals surface area contributed by atoms with E-state index in [1.54, 1.807) is 0 Å². The Bertz CT molecular complexity index is 1280. The maximum atomic E-state index is 4.81. The van der Waals surface area contributed by atoms with Crippen molar-refractivity contribution in [2.75, 3.05) is 38.0 Å². The second-order valence-corrected chi connectivity index (χ2v) is 8.55. The second-order valence-electron chi connectivity index (χ2n) is 8.55. The van der Waals surface area contributed by atoms with Gasteiger partial charge in [0.05, 0.1) is 12.4 Å². The van der Waals surface area contributed by atoms with Crippen LogP contribution < -0.4 is 14.5 Å². The lowest BCUT2D eigenvalue weighted by Crippen LogP contribution is -2.29. The smallest absolute Gasteiger partial charge is 0.304 e. The summed E-state index contributed by atoms with van der Waals surface area (Å²) >= 11 is 0. The number of anilines is 2. The van der Waals surface area contributed by atoms with E-state index in [1.165, 1.54) is 0 Å². The van der Waals surface area contributed by atoms with Gasteiger partial charge < -0.3 is 9.80 Å². The van der Waals surface area contributed by atoms with Crippen molar-refractivity contribution in [3.05, 3.63) is 102 Å². The van der Waals surface area contributed by atoms with Crippen LogP contribution in [0, 0.1) is 6.92 Å². The highest BCUT2D eigenvalue weighted by atomic mass is 15.5. The zero-order valence-corrected chi connectivity index (χ0v) is 20.4. The van der Waals surface area contributed by atoms with Gasteiger partial charge in [0, 0.05) is 52.1 Å². The molecule has 4 rings (SSSR count). The van der Waals surface area contributed by atoms with Crippen molar-refractivity contribution in [2.45, 2.75) is 6.92 Å². The van der Waals surface area contributed by atoms with Crippen LogP contribution in [0.5, 0.6) is 0 Å². The fraction of sp³-hybridized carbons (Fsp3) is 0.179. The highest BCUT2D eigenvalue weighted by molar-refractivity contribution is 5.81. The lowest BCUT2D eigenvalue weighted by Gasteiger charge is -2.11. The topological polar surface area (TPSA) is 40.0 Å². The van der Waals surface area contributed by atoms with Gasteiger partial charge in [0.1, 0.15) is 0 Å². The first-order valence-electron chi connectivity index (χ1n) is 11.3. The summed E-state index contributed by atoms with van der Waals surface area (Å²) in [5.74, 6) is 0.904. The lowest BCUT2D eigenvalue weighted by atomic mass is 10.2. The lowest BCUT2D eigenvalue weighted by molar-refractivity contribution is -0.683. The van der Waals surface area contributed by atoms with E-state index < -0.39 is 0 Å². The van der Waals surface area contributed by atoms with E-state index in [1.807, 2.05) is 81.3 Å². The summed E-state index contributed by atoms with van der Waals surface area (Å²) in [4.78, 5) is 4.16. The van der Waals surface area contributed by atoms with Gasteiger partial charge >= 0.3 is 5.82 Å². The van der Waals surface area contributed by atoms with E-state index >= 15 is 0 Å². The molecule has 0 N–H and O–H groups in total. The highest BCUT2D eigenvalue weighted by Gasteiger charge is 2.21. The van der Waals surface area contributed by atoms with Gasteiger partial charge in [-0.05, 0) is 35.4 Å². The Morgan fingerprint density at radius 2 is 1.24 bits per heavy atom. The van der Waals surface area contributed by atoms with Crippen molar-refractivity contribution >= 4 is 23.8 Å². The zero-order chi connectivity index (χ0) is 24.1. The molecule has 0 radical (unpaired) electrons. The fourth-order valence-corrected chi connectivity index (χ4v) is 3.57. The molecule has 6 nitrogen and oxygen atoms in total. The number of hydrogen-bond acceptors (Lipinski definition) is 4. The summed E-state index contributed by atoms with van der Waals surface area (Å²) in [5.41, 5.74) is 6.44. The summed E-state index contributed by atoms with van der Waals surface area (Å²) in [6, 6.07) is 26.9. The van der Waals surface area contributed by atoms with Crippen LogP contribution in [0.3, 0.4) is 0 Å². The van der Waals surface area contributed by atoms with Gasteiger partial charge in [0.2, 0.25) is 5.69 Å². The van der Waals surface area contributed by atoms with Crippen LogP contribution in [0.1, 0.15) is 17.0 Å². The van der Waals surface area contributed by atoms with E-state index in [0.29, 0.717) is 0 Å². The first-order chi connectivity index (χ1) is 16.4. The van der Waals surface area contributed by atoms with Crippen molar-refractivity contribution in [1.29, 1.82) is 0 Å². The van der Waals surface area contributed by atoms with Crippen molar-refractivity contribution in [3.63, 3.8) is 0 Å². The van der Waals surface area contributed by atoms with E-state index in [9.17, 15) is 0 Å². The largest absolute Gasteiger partial charge is 0.378 e. The Labute approximate surface area is 201 Å². The number of imidazole rings is 1. The summed E-state index contributed by atoms with van der Waals surface area (Å²) in [6.07, 6.45) is 5.77. The third-order valence-electron chi connectivity index (χ3n) is 5.65. The van der Waals surface area contributed by atoms with Gasteiger partial charge in [-0.2, -0.15) is 0 Å². The number of hydrogen-bond donors (Lipinski definition) is 0. The molecule has 1 heterocycles. The van der Waals surface area contributed by atoms with Crippen LogP contribution in [0.25, 0.3) is 11.3 Å². The SMILES string of the molecule is Cc1n(N=Cc2ccc(N(C)C)cc2)c(-c2ccccc2)c[n+]1N=Cc1ccc(N(C)C)cc1. The van der Waals surface area contributed by atoms with E-state index in [2.05, 4.69) is 70.5 Å². The van der Waals surface area contributed by atoms with Crippen molar-refractivity contribution in [2.24, 2.45) is 10.2 Å². The van der Waals surface area contributed by atoms with Crippen LogP contribution in [-0.4, -0.2) is 45.3 Å². The molecule has 0 atom stereocenters. The van der Waals surface area contributed by atoms with E-state index in [0.717, 1.165) is 39.6 Å². The average Bonchev–Trinajstić information content (AvgIpc) is 3.17. The maximum absolute atomic E-state index is 4.81. The van der Waals surface area contributed by atoms with Gasteiger partial charge in [0.15, 0.2) is 6.20 Å². The Hall–Kier alpha value is -4.19. The van der Waals surface area contributed by atoms with Gasteiger partial charge in [-0.1, -0.05) is 69.5 Å². The highest BCUT2D eigenvalue weighted by Crippen LogP contribution is 2.20. The molecule has 0 amide bonds. The first kappa shape index (κ1) is 23.0. The van der Waals surface area contributed by atoms with Gasteiger partial charge in [-0.3, -0.25) is 0 Å². The molecular weight excluding hydrogens is 420 g/mol. The minimum absolute atomic E-state index is 0.904. The van der Waals surface area contributed by atoms with Crippen molar-refractivity contribution < 1.29 is 4.68 Å². The molecule has 0 saturated heterocycles. The van der Waals surface area contributed by atoms with Crippen molar-refractivity contribution in [1.82, 2.24) is 4.68 Å². The molecule has 34 heavy (non-hydrogen) atoms. The predicted molar refractivity (Wildman–Crippen MR) is 142 cm³/mol. The average molecular weight is 452 g/mol. The van der Waals surface area contributed by atoms with Gasteiger partial charge in [-0.15, -0.1) is 4.68 Å². The molecule has 0 aliphatic carbocycles. The van der Waals surface area contributed by atoms with Crippen LogP contribution in [-0.2, 0) is 0 Å².